The zero-order valence-electron chi connectivity index (χ0n) is 26.0. The first-order chi connectivity index (χ1) is 20.2. The summed E-state index contributed by atoms with van der Waals surface area (Å²) in [6.07, 6.45) is 12.5. The van der Waals surface area contributed by atoms with Gasteiger partial charge in [-0.15, -0.1) is 0 Å². The molecule has 3 heterocycles. The Morgan fingerprint density at radius 1 is 0.810 bits per heavy atom. The third-order valence-electron chi connectivity index (χ3n) is 10.2. The highest BCUT2D eigenvalue weighted by molar-refractivity contribution is 5.99. The van der Waals surface area contributed by atoms with Crippen LogP contribution in [0, 0.1) is 0 Å². The summed E-state index contributed by atoms with van der Waals surface area (Å²) in [4.78, 5) is 2.70. The molecule has 4 aromatic rings. The molecule has 42 heavy (non-hydrogen) atoms. The van der Waals surface area contributed by atoms with Crippen LogP contribution in [0.5, 0.6) is 0 Å². The zero-order valence-corrected chi connectivity index (χ0v) is 26.0. The average molecular weight is 548 g/mol. The summed E-state index contributed by atoms with van der Waals surface area (Å²) in [6.45, 7) is 16.3. The fraction of sp³-hybridized carbons (Fsp3) is 0.268. The summed E-state index contributed by atoms with van der Waals surface area (Å²) in [5.74, 6) is 0. The van der Waals surface area contributed by atoms with Gasteiger partial charge in [-0.1, -0.05) is 126 Å². The zero-order chi connectivity index (χ0) is 29.4. The number of nitrogens with zero attached hydrogens (tertiary/aromatic N) is 1. The van der Waals surface area contributed by atoms with Crippen molar-refractivity contribution in [2.24, 2.45) is 0 Å². The molecule has 0 fully saturated rings. The molecule has 0 N–H and O–H groups in total. The molecule has 1 unspecified atom stereocenters. The Morgan fingerprint density at radius 3 is 2.26 bits per heavy atom. The van der Waals surface area contributed by atoms with E-state index >= 15 is 0 Å². The van der Waals surface area contributed by atoms with Gasteiger partial charge in [0.15, 0.2) is 0 Å². The lowest BCUT2D eigenvalue weighted by Gasteiger charge is -2.56. The van der Waals surface area contributed by atoms with Crippen LogP contribution in [0.2, 0.25) is 0 Å². The first-order valence-corrected chi connectivity index (χ1v) is 15.5. The van der Waals surface area contributed by atoms with Gasteiger partial charge in [0.05, 0.1) is 17.4 Å². The van der Waals surface area contributed by atoms with E-state index in [-0.39, 0.29) is 16.9 Å². The lowest BCUT2D eigenvalue weighted by Crippen LogP contribution is -2.46. The second-order valence-corrected chi connectivity index (χ2v) is 13.1. The summed E-state index contributed by atoms with van der Waals surface area (Å²) in [5, 5.41) is 2.60. The Balaban J connectivity index is 1.59. The van der Waals surface area contributed by atoms with E-state index in [9.17, 15) is 0 Å². The fourth-order valence-electron chi connectivity index (χ4n) is 7.88. The van der Waals surface area contributed by atoms with Crippen molar-refractivity contribution in [3.05, 3.63) is 142 Å². The molecule has 0 amide bonds. The smallest absolute Gasteiger partial charge is 0.0868 e. The van der Waals surface area contributed by atoms with Crippen LogP contribution in [0.1, 0.15) is 83.2 Å². The number of fused-ring (bicyclic) bond motifs is 2. The van der Waals surface area contributed by atoms with Gasteiger partial charge < -0.3 is 4.90 Å². The minimum Gasteiger partial charge on any atom is -0.329 e. The molecule has 7 rings (SSSR count). The van der Waals surface area contributed by atoms with Crippen LogP contribution in [0.3, 0.4) is 0 Å². The second-order valence-electron chi connectivity index (χ2n) is 13.1. The summed E-state index contributed by atoms with van der Waals surface area (Å²) in [6, 6.07) is 27.7. The second kappa shape index (κ2) is 9.46. The standard InChI is InChI=1S/C41H41N/c1-8-11-16-26(9-2)32-25-29(10-3)40(4,5)34-21-15-22-35-39(34)42-37(32)33-23-28(24-36(38(33)42)41(35,6)7)31-20-14-18-27-17-12-13-19-30(27)31/h8,10-25,37H,9H2,1-7H3/b11-8-,26-16+,29-10+,32-25-. The number of hydrogen-bond acceptors (Lipinski definition) is 1. The van der Waals surface area contributed by atoms with Crippen molar-refractivity contribution >= 4 is 22.1 Å². The summed E-state index contributed by atoms with van der Waals surface area (Å²) < 4.78 is 0. The monoisotopic (exact) mass is 547 g/mol. The van der Waals surface area contributed by atoms with Gasteiger partial charge >= 0.3 is 0 Å². The maximum atomic E-state index is 2.70. The first-order valence-electron chi connectivity index (χ1n) is 15.5. The molecule has 4 aromatic carbocycles. The Kier molecular flexibility index (Phi) is 6.03. The highest BCUT2D eigenvalue weighted by atomic mass is 15.2. The van der Waals surface area contributed by atoms with E-state index in [2.05, 4.69) is 157 Å². The van der Waals surface area contributed by atoms with E-state index in [4.69, 9.17) is 0 Å². The van der Waals surface area contributed by atoms with Gasteiger partial charge in [0.2, 0.25) is 0 Å². The van der Waals surface area contributed by atoms with Gasteiger partial charge in [-0.25, -0.2) is 0 Å². The maximum Gasteiger partial charge on any atom is 0.0868 e. The van der Waals surface area contributed by atoms with Crippen molar-refractivity contribution in [3.8, 4) is 11.1 Å². The van der Waals surface area contributed by atoms with Crippen LogP contribution in [0.25, 0.3) is 21.9 Å². The molecule has 3 aliphatic heterocycles. The van der Waals surface area contributed by atoms with Crippen LogP contribution in [-0.2, 0) is 10.8 Å². The van der Waals surface area contributed by atoms with Gasteiger partial charge in [0.25, 0.3) is 0 Å². The van der Waals surface area contributed by atoms with E-state index in [1.165, 1.54) is 72.2 Å². The number of rotatable bonds is 4. The molecule has 1 nitrogen and oxygen atoms in total. The molecule has 1 atom stereocenters. The molecule has 0 saturated carbocycles. The quantitative estimate of drug-likeness (QED) is 0.230. The van der Waals surface area contributed by atoms with Gasteiger partial charge in [0, 0.05) is 16.4 Å². The van der Waals surface area contributed by atoms with Gasteiger partial charge in [0.1, 0.15) is 0 Å². The number of anilines is 2. The van der Waals surface area contributed by atoms with Crippen molar-refractivity contribution in [1.29, 1.82) is 0 Å². The molecule has 1 heteroatoms. The summed E-state index contributed by atoms with van der Waals surface area (Å²) >= 11 is 0. The van der Waals surface area contributed by atoms with Crippen molar-refractivity contribution in [1.82, 2.24) is 0 Å². The van der Waals surface area contributed by atoms with Crippen LogP contribution >= 0.6 is 0 Å². The Morgan fingerprint density at radius 2 is 1.52 bits per heavy atom. The first kappa shape index (κ1) is 26.8. The summed E-state index contributed by atoms with van der Waals surface area (Å²) in [5.41, 5.74) is 15.2. The minimum atomic E-state index is -0.124. The molecule has 0 bridgehead atoms. The lowest BCUT2D eigenvalue weighted by molar-refractivity contribution is 0.563. The van der Waals surface area contributed by atoms with Gasteiger partial charge in [-0.05, 0) is 87.7 Å². The van der Waals surface area contributed by atoms with Crippen molar-refractivity contribution in [2.45, 2.75) is 71.8 Å². The molecule has 0 aliphatic carbocycles. The normalized spacial score (nSPS) is 21.9. The molecule has 210 valence electrons. The van der Waals surface area contributed by atoms with Crippen LogP contribution in [0.15, 0.2) is 120 Å². The fourth-order valence-corrected chi connectivity index (χ4v) is 7.88. The predicted octanol–water partition coefficient (Wildman–Crippen LogP) is 11.4. The lowest BCUT2D eigenvalue weighted by atomic mass is 9.62. The third-order valence-corrected chi connectivity index (χ3v) is 10.2. The molecular formula is C41H41N. The van der Waals surface area contributed by atoms with Crippen molar-refractivity contribution < 1.29 is 0 Å². The third kappa shape index (κ3) is 3.56. The largest absolute Gasteiger partial charge is 0.329 e. The highest BCUT2D eigenvalue weighted by Crippen LogP contribution is 2.66. The van der Waals surface area contributed by atoms with Crippen molar-refractivity contribution in [2.75, 3.05) is 4.90 Å². The van der Waals surface area contributed by atoms with Crippen molar-refractivity contribution in [3.63, 3.8) is 0 Å². The van der Waals surface area contributed by atoms with Gasteiger partial charge in [-0.2, -0.15) is 0 Å². The molecule has 0 aromatic heterocycles. The Bertz CT molecular complexity index is 1880. The average Bonchev–Trinajstić information content (AvgIpc) is 2.98. The molecule has 3 aliphatic rings. The number of hydrogen-bond donors (Lipinski definition) is 0. The Hall–Kier alpha value is -4.10. The number of benzene rings is 4. The van der Waals surface area contributed by atoms with E-state index in [1.54, 1.807) is 0 Å². The van der Waals surface area contributed by atoms with E-state index in [1.807, 2.05) is 0 Å². The summed E-state index contributed by atoms with van der Waals surface area (Å²) in [7, 11) is 0. The molecule has 0 saturated heterocycles. The molecular weight excluding hydrogens is 506 g/mol. The van der Waals surface area contributed by atoms with Crippen LogP contribution in [0.4, 0.5) is 11.4 Å². The minimum absolute atomic E-state index is 0.123. The highest BCUT2D eigenvalue weighted by Gasteiger charge is 2.51. The van der Waals surface area contributed by atoms with Crippen LogP contribution < -0.4 is 4.90 Å². The van der Waals surface area contributed by atoms with E-state index in [0.29, 0.717) is 0 Å². The SMILES string of the molecule is C\C=C/C=C(CC)/C1=C/C(=C\C)C(C)(C)c2cccc3c2N2c4c(cc(-c5cccc6ccccc56)cc4C3(C)C)C12. The molecule has 0 spiro atoms. The number of para-hydroxylation sites is 1. The predicted molar refractivity (Wildman–Crippen MR) is 181 cm³/mol. The van der Waals surface area contributed by atoms with Gasteiger partial charge in [-0.3, -0.25) is 0 Å². The Labute approximate surface area is 251 Å². The topological polar surface area (TPSA) is 3.24 Å². The molecule has 0 radical (unpaired) electrons. The van der Waals surface area contributed by atoms with E-state index in [0.717, 1.165) is 6.42 Å². The van der Waals surface area contributed by atoms with Crippen LogP contribution in [-0.4, -0.2) is 0 Å². The van der Waals surface area contributed by atoms with E-state index < -0.39 is 0 Å². The number of allylic oxidation sites excluding steroid dienone is 6. The maximum absolute atomic E-state index is 2.70.